The van der Waals surface area contributed by atoms with Gasteiger partial charge in [0.2, 0.25) is 0 Å². The lowest BCUT2D eigenvalue weighted by atomic mass is 9.96. The molecule has 0 radical (unpaired) electrons. The number of benzene rings is 2. The van der Waals surface area contributed by atoms with E-state index >= 15 is 0 Å². The summed E-state index contributed by atoms with van der Waals surface area (Å²) < 4.78 is 0. The van der Waals surface area contributed by atoms with Crippen LogP contribution in [0.25, 0.3) is 0 Å². The van der Waals surface area contributed by atoms with Gasteiger partial charge in [0.1, 0.15) is 0 Å². The monoisotopic (exact) mass is 295 g/mol. The molecule has 1 unspecified atom stereocenters. The van der Waals surface area contributed by atoms with Crippen LogP contribution in [0.15, 0.2) is 54.6 Å². The highest BCUT2D eigenvalue weighted by Crippen LogP contribution is 2.18. The molecule has 2 aromatic carbocycles. The van der Waals surface area contributed by atoms with E-state index in [1.54, 1.807) is 61.5 Å². The molecule has 0 aliphatic heterocycles. The van der Waals surface area contributed by atoms with Crippen molar-refractivity contribution in [3.05, 3.63) is 71.3 Å². The predicted octanol–water partition coefficient (Wildman–Crippen LogP) is 3.64. The molecule has 1 atom stereocenters. The minimum Gasteiger partial charge on any atom is -0.481 e. The highest BCUT2D eigenvalue weighted by Gasteiger charge is 2.16. The van der Waals surface area contributed by atoms with Crippen molar-refractivity contribution in [2.24, 2.45) is 0 Å². The lowest BCUT2D eigenvalue weighted by Crippen LogP contribution is -2.09. The number of hydrogen-bond acceptors (Lipinski definition) is 3. The summed E-state index contributed by atoms with van der Waals surface area (Å²) in [6, 6.07) is 17.5. The molecule has 112 valence electrons. The SMILES string of the molecule is CC#N.CC(C(=O)O)c1cccc(C(=O)c2ccccc2)c1. The molecule has 0 aliphatic carbocycles. The molecule has 0 aromatic heterocycles. The Morgan fingerprint density at radius 3 is 2.14 bits per heavy atom. The molecule has 0 bridgehead atoms. The number of carbonyl (C=O) groups is 2. The van der Waals surface area contributed by atoms with Crippen molar-refractivity contribution in [2.45, 2.75) is 19.8 Å². The smallest absolute Gasteiger partial charge is 0.310 e. The van der Waals surface area contributed by atoms with Crippen molar-refractivity contribution < 1.29 is 14.7 Å². The number of rotatable bonds is 4. The van der Waals surface area contributed by atoms with Crippen LogP contribution in [-0.4, -0.2) is 16.9 Å². The zero-order chi connectivity index (χ0) is 16.5. The maximum atomic E-state index is 12.2. The number of carboxylic acid groups (broad SMARTS) is 1. The largest absolute Gasteiger partial charge is 0.481 e. The molecule has 0 spiro atoms. The second-order valence-electron chi connectivity index (χ2n) is 4.60. The maximum absolute atomic E-state index is 12.2. The van der Waals surface area contributed by atoms with E-state index in [1.165, 1.54) is 6.92 Å². The molecule has 22 heavy (non-hydrogen) atoms. The Morgan fingerprint density at radius 2 is 1.59 bits per heavy atom. The van der Waals surface area contributed by atoms with Crippen LogP contribution in [0.5, 0.6) is 0 Å². The van der Waals surface area contributed by atoms with E-state index in [2.05, 4.69) is 0 Å². The minimum atomic E-state index is -0.899. The molecular weight excluding hydrogens is 278 g/mol. The average molecular weight is 295 g/mol. The van der Waals surface area contributed by atoms with Crippen LogP contribution < -0.4 is 0 Å². The Bertz CT molecular complexity index is 687. The normalized spacial score (nSPS) is 10.6. The molecule has 4 nitrogen and oxygen atoms in total. The van der Waals surface area contributed by atoms with Crippen molar-refractivity contribution in [3.63, 3.8) is 0 Å². The summed E-state index contributed by atoms with van der Waals surface area (Å²) in [4.78, 5) is 23.2. The van der Waals surface area contributed by atoms with Crippen LogP contribution in [0, 0.1) is 11.3 Å². The third-order valence-corrected chi connectivity index (χ3v) is 3.06. The fraction of sp³-hybridized carbons (Fsp3) is 0.167. The van der Waals surface area contributed by atoms with E-state index < -0.39 is 11.9 Å². The topological polar surface area (TPSA) is 78.2 Å². The number of ketones is 1. The van der Waals surface area contributed by atoms with E-state index in [0.717, 1.165) is 0 Å². The van der Waals surface area contributed by atoms with Crippen LogP contribution in [0.2, 0.25) is 0 Å². The molecule has 0 saturated heterocycles. The van der Waals surface area contributed by atoms with Crippen LogP contribution in [0.3, 0.4) is 0 Å². The van der Waals surface area contributed by atoms with Crippen molar-refractivity contribution in [2.75, 3.05) is 0 Å². The zero-order valence-corrected chi connectivity index (χ0v) is 12.5. The first-order chi connectivity index (χ1) is 10.5. The van der Waals surface area contributed by atoms with E-state index in [0.29, 0.717) is 16.7 Å². The molecule has 0 heterocycles. The molecule has 4 heteroatoms. The Kier molecular flexibility index (Phi) is 6.52. The van der Waals surface area contributed by atoms with E-state index in [1.807, 2.05) is 6.07 Å². The summed E-state index contributed by atoms with van der Waals surface area (Å²) >= 11 is 0. The molecule has 0 saturated carbocycles. The van der Waals surface area contributed by atoms with Gasteiger partial charge in [-0.1, -0.05) is 48.5 Å². The molecular formula is C18H17NO3. The molecule has 2 rings (SSSR count). The number of aliphatic carboxylic acids is 1. The first-order valence-corrected chi connectivity index (χ1v) is 6.74. The van der Waals surface area contributed by atoms with Gasteiger partial charge in [0.15, 0.2) is 5.78 Å². The van der Waals surface area contributed by atoms with Crippen molar-refractivity contribution in [3.8, 4) is 6.07 Å². The number of carbonyl (C=O) groups excluding carboxylic acids is 1. The first-order valence-electron chi connectivity index (χ1n) is 6.74. The van der Waals surface area contributed by atoms with Crippen molar-refractivity contribution in [1.82, 2.24) is 0 Å². The lowest BCUT2D eigenvalue weighted by molar-refractivity contribution is -0.138. The fourth-order valence-corrected chi connectivity index (χ4v) is 1.85. The van der Waals surface area contributed by atoms with Gasteiger partial charge in [0, 0.05) is 18.1 Å². The van der Waals surface area contributed by atoms with Crippen molar-refractivity contribution in [1.29, 1.82) is 5.26 Å². The van der Waals surface area contributed by atoms with Crippen molar-refractivity contribution >= 4 is 11.8 Å². The predicted molar refractivity (Wildman–Crippen MR) is 83.7 cm³/mol. The number of nitriles is 1. The summed E-state index contributed by atoms with van der Waals surface area (Å²) in [7, 11) is 0. The number of carboxylic acids is 1. The second-order valence-corrected chi connectivity index (χ2v) is 4.60. The van der Waals surface area contributed by atoms with Gasteiger partial charge in [-0.2, -0.15) is 5.26 Å². The summed E-state index contributed by atoms with van der Waals surface area (Å²) in [6.45, 7) is 3.04. The van der Waals surface area contributed by atoms with Gasteiger partial charge in [0.05, 0.1) is 12.0 Å². The summed E-state index contributed by atoms with van der Waals surface area (Å²) in [5.41, 5.74) is 1.74. The van der Waals surface area contributed by atoms with Gasteiger partial charge in [-0.05, 0) is 18.6 Å². The van der Waals surface area contributed by atoms with Crippen LogP contribution in [-0.2, 0) is 4.79 Å². The number of hydrogen-bond donors (Lipinski definition) is 1. The third kappa shape index (κ3) is 4.57. The molecule has 0 amide bonds. The van der Waals surface area contributed by atoms with Gasteiger partial charge >= 0.3 is 5.97 Å². The van der Waals surface area contributed by atoms with E-state index in [-0.39, 0.29) is 5.78 Å². The van der Waals surface area contributed by atoms with Gasteiger partial charge in [-0.3, -0.25) is 9.59 Å². The van der Waals surface area contributed by atoms with Gasteiger partial charge < -0.3 is 5.11 Å². The van der Waals surface area contributed by atoms with Gasteiger partial charge in [-0.25, -0.2) is 0 Å². The Morgan fingerprint density at radius 1 is 1.05 bits per heavy atom. The van der Waals surface area contributed by atoms with Crippen LogP contribution >= 0.6 is 0 Å². The Hall–Kier alpha value is -2.93. The van der Waals surface area contributed by atoms with E-state index in [9.17, 15) is 9.59 Å². The van der Waals surface area contributed by atoms with Gasteiger partial charge in [-0.15, -0.1) is 0 Å². The average Bonchev–Trinajstić information content (AvgIpc) is 2.55. The first kappa shape index (κ1) is 17.1. The zero-order valence-electron chi connectivity index (χ0n) is 12.5. The Balaban J connectivity index is 0.000000745. The summed E-state index contributed by atoms with van der Waals surface area (Å²) in [6.07, 6.45) is 0. The molecule has 0 aliphatic rings. The highest BCUT2D eigenvalue weighted by molar-refractivity contribution is 6.09. The summed E-state index contributed by atoms with van der Waals surface area (Å²) in [5, 5.41) is 16.3. The third-order valence-electron chi connectivity index (χ3n) is 3.06. The number of nitrogens with zero attached hydrogens (tertiary/aromatic N) is 1. The highest BCUT2D eigenvalue weighted by atomic mass is 16.4. The quantitative estimate of drug-likeness (QED) is 0.873. The lowest BCUT2D eigenvalue weighted by Gasteiger charge is -2.08. The molecule has 2 aromatic rings. The maximum Gasteiger partial charge on any atom is 0.310 e. The van der Waals surface area contributed by atoms with Crippen LogP contribution in [0.4, 0.5) is 0 Å². The Labute approximate surface area is 129 Å². The molecule has 0 fully saturated rings. The van der Waals surface area contributed by atoms with Gasteiger partial charge in [0.25, 0.3) is 0 Å². The fourth-order valence-electron chi connectivity index (χ4n) is 1.85. The van der Waals surface area contributed by atoms with E-state index in [4.69, 9.17) is 10.4 Å². The standard InChI is InChI=1S/C16H14O3.C2H3N/c1-11(16(18)19)13-8-5-9-14(10-13)15(17)12-6-3-2-4-7-12;1-2-3/h2-11H,1H3,(H,18,19);1H3. The molecule has 1 N–H and O–H groups in total. The second kappa shape index (κ2) is 8.38. The summed E-state index contributed by atoms with van der Waals surface area (Å²) in [5.74, 6) is -1.62. The van der Waals surface area contributed by atoms with Crippen LogP contribution in [0.1, 0.15) is 41.3 Å². The minimum absolute atomic E-state index is 0.0972.